The van der Waals surface area contributed by atoms with Crippen LogP contribution in [-0.2, 0) is 13.6 Å². The van der Waals surface area contributed by atoms with Gasteiger partial charge in [0, 0.05) is 31.2 Å². The predicted molar refractivity (Wildman–Crippen MR) is 109 cm³/mol. The van der Waals surface area contributed by atoms with E-state index in [1.807, 2.05) is 28.8 Å². The van der Waals surface area contributed by atoms with E-state index < -0.39 is 11.2 Å². The molecule has 2 aromatic heterocycles. The van der Waals surface area contributed by atoms with Gasteiger partial charge in [0.05, 0.1) is 6.54 Å². The molecule has 0 aliphatic carbocycles. The van der Waals surface area contributed by atoms with E-state index in [1.54, 1.807) is 7.05 Å². The third-order valence-electron chi connectivity index (χ3n) is 4.90. The van der Waals surface area contributed by atoms with Crippen molar-refractivity contribution in [3.8, 4) is 0 Å². The Balaban J connectivity index is 1.94. The third kappa shape index (κ3) is 3.32. The zero-order chi connectivity index (χ0) is 19.0. The fourth-order valence-corrected chi connectivity index (χ4v) is 3.87. The highest BCUT2D eigenvalue weighted by Gasteiger charge is 2.22. The second-order valence-corrected chi connectivity index (χ2v) is 7.52. The lowest BCUT2D eigenvalue weighted by Gasteiger charge is -2.22. The monoisotopic (exact) mass is 432 g/mol. The molecule has 1 fully saturated rings. The SMILES string of the molecule is Cn1c(=O)[nH]c(=O)c2c1nc(N1CCCNCC1)n2Cc1ccccc1Br. The van der Waals surface area contributed by atoms with Crippen LogP contribution >= 0.6 is 15.9 Å². The van der Waals surface area contributed by atoms with Gasteiger partial charge in [-0.25, -0.2) is 4.79 Å². The summed E-state index contributed by atoms with van der Waals surface area (Å²) in [5.74, 6) is 0.719. The van der Waals surface area contributed by atoms with Gasteiger partial charge in [-0.1, -0.05) is 34.1 Å². The third-order valence-corrected chi connectivity index (χ3v) is 5.67. The summed E-state index contributed by atoms with van der Waals surface area (Å²) in [6, 6.07) is 7.91. The number of aromatic nitrogens is 4. The molecular weight excluding hydrogens is 412 g/mol. The van der Waals surface area contributed by atoms with E-state index in [9.17, 15) is 9.59 Å². The van der Waals surface area contributed by atoms with Gasteiger partial charge >= 0.3 is 5.69 Å². The van der Waals surface area contributed by atoms with Crippen LogP contribution in [0.4, 0.5) is 5.95 Å². The lowest BCUT2D eigenvalue weighted by Crippen LogP contribution is -2.31. The van der Waals surface area contributed by atoms with Crippen LogP contribution in [0.2, 0.25) is 0 Å². The fourth-order valence-electron chi connectivity index (χ4n) is 3.46. The van der Waals surface area contributed by atoms with Crippen molar-refractivity contribution in [2.24, 2.45) is 7.05 Å². The second kappa shape index (κ2) is 7.32. The Hall–Kier alpha value is -2.39. The summed E-state index contributed by atoms with van der Waals surface area (Å²) in [4.78, 5) is 34.0. The van der Waals surface area contributed by atoms with Crippen LogP contribution in [0.3, 0.4) is 0 Å². The molecule has 142 valence electrons. The number of rotatable bonds is 3. The quantitative estimate of drug-likeness (QED) is 0.645. The Morgan fingerprint density at radius 2 is 2.00 bits per heavy atom. The van der Waals surface area contributed by atoms with E-state index in [4.69, 9.17) is 4.98 Å². The van der Waals surface area contributed by atoms with E-state index in [0.717, 1.165) is 48.6 Å². The van der Waals surface area contributed by atoms with E-state index >= 15 is 0 Å². The maximum Gasteiger partial charge on any atom is 0.329 e. The zero-order valence-corrected chi connectivity index (χ0v) is 16.6. The number of imidazole rings is 1. The summed E-state index contributed by atoms with van der Waals surface area (Å²) in [5.41, 5.74) is 0.997. The average Bonchev–Trinajstić information content (AvgIpc) is 2.83. The molecule has 9 heteroatoms. The van der Waals surface area contributed by atoms with Crippen LogP contribution in [0.25, 0.3) is 11.2 Å². The number of nitrogens with one attached hydrogen (secondary N) is 2. The largest absolute Gasteiger partial charge is 0.341 e. The molecule has 0 spiro atoms. The molecule has 0 saturated carbocycles. The summed E-state index contributed by atoms with van der Waals surface area (Å²) in [6.07, 6.45) is 0.994. The standard InChI is InChI=1S/C18H21BrN6O2/c1-23-15-14(16(26)22-18(23)27)25(11-12-5-2-3-6-13(12)19)17(21-15)24-9-4-7-20-8-10-24/h2-3,5-6,20H,4,7-11H2,1H3,(H,22,26,27). The predicted octanol–water partition coefficient (Wildman–Crippen LogP) is 1.03. The van der Waals surface area contributed by atoms with E-state index in [-0.39, 0.29) is 0 Å². The summed E-state index contributed by atoms with van der Waals surface area (Å²) in [7, 11) is 1.63. The van der Waals surface area contributed by atoms with Gasteiger partial charge in [0.25, 0.3) is 5.56 Å². The van der Waals surface area contributed by atoms with Crippen LogP contribution in [0.5, 0.6) is 0 Å². The van der Waals surface area contributed by atoms with E-state index in [0.29, 0.717) is 17.7 Å². The summed E-state index contributed by atoms with van der Waals surface area (Å²) < 4.78 is 4.28. The number of aryl methyl sites for hydroxylation is 1. The van der Waals surface area contributed by atoms with Gasteiger partial charge in [0.1, 0.15) is 0 Å². The minimum Gasteiger partial charge on any atom is -0.341 e. The summed E-state index contributed by atoms with van der Waals surface area (Å²) in [6.45, 7) is 3.94. The normalized spacial score (nSPS) is 15.3. The number of hydrogen-bond donors (Lipinski definition) is 2. The first-order valence-electron chi connectivity index (χ1n) is 8.95. The second-order valence-electron chi connectivity index (χ2n) is 6.67. The highest BCUT2D eigenvalue weighted by atomic mass is 79.9. The molecule has 3 aromatic rings. The molecule has 0 radical (unpaired) electrons. The number of nitrogens with zero attached hydrogens (tertiary/aromatic N) is 4. The van der Waals surface area contributed by atoms with Gasteiger partial charge in [-0.3, -0.25) is 18.9 Å². The number of fused-ring (bicyclic) bond motifs is 1. The van der Waals surface area contributed by atoms with Gasteiger partial charge in [0.15, 0.2) is 11.2 Å². The Kier molecular flexibility index (Phi) is 4.88. The van der Waals surface area contributed by atoms with Crippen molar-refractivity contribution in [3.63, 3.8) is 0 Å². The zero-order valence-electron chi connectivity index (χ0n) is 15.0. The van der Waals surface area contributed by atoms with Crippen LogP contribution in [0.15, 0.2) is 38.3 Å². The van der Waals surface area contributed by atoms with Crippen molar-refractivity contribution in [3.05, 3.63) is 55.1 Å². The Morgan fingerprint density at radius 3 is 2.81 bits per heavy atom. The van der Waals surface area contributed by atoms with Crippen molar-refractivity contribution >= 4 is 33.0 Å². The lowest BCUT2D eigenvalue weighted by molar-refractivity contribution is 0.721. The van der Waals surface area contributed by atoms with Crippen LogP contribution < -0.4 is 21.5 Å². The van der Waals surface area contributed by atoms with Crippen molar-refractivity contribution in [1.82, 2.24) is 24.4 Å². The summed E-state index contributed by atoms with van der Waals surface area (Å²) >= 11 is 3.59. The minimum atomic E-state index is -0.456. The number of H-pyrrole nitrogens is 1. The smallest absolute Gasteiger partial charge is 0.329 e. The van der Waals surface area contributed by atoms with Crippen molar-refractivity contribution in [2.75, 3.05) is 31.1 Å². The molecule has 4 rings (SSSR count). The molecular formula is C18H21BrN6O2. The van der Waals surface area contributed by atoms with Crippen molar-refractivity contribution in [1.29, 1.82) is 0 Å². The molecule has 0 amide bonds. The van der Waals surface area contributed by atoms with Crippen LogP contribution in [-0.4, -0.2) is 45.3 Å². The van der Waals surface area contributed by atoms with Gasteiger partial charge in [-0.2, -0.15) is 4.98 Å². The van der Waals surface area contributed by atoms with Gasteiger partial charge in [-0.05, 0) is 24.6 Å². The Morgan fingerprint density at radius 1 is 1.19 bits per heavy atom. The number of benzene rings is 1. The lowest BCUT2D eigenvalue weighted by atomic mass is 10.2. The molecule has 1 aliphatic rings. The molecule has 2 N–H and O–H groups in total. The Bertz CT molecular complexity index is 1090. The molecule has 0 bridgehead atoms. The highest BCUT2D eigenvalue weighted by Crippen LogP contribution is 2.24. The van der Waals surface area contributed by atoms with Gasteiger partial charge < -0.3 is 10.2 Å². The van der Waals surface area contributed by atoms with Crippen LogP contribution in [0, 0.1) is 0 Å². The van der Waals surface area contributed by atoms with Crippen molar-refractivity contribution < 1.29 is 0 Å². The molecule has 27 heavy (non-hydrogen) atoms. The fraction of sp³-hybridized carbons (Fsp3) is 0.389. The molecule has 1 saturated heterocycles. The molecule has 1 aliphatic heterocycles. The van der Waals surface area contributed by atoms with Crippen molar-refractivity contribution in [2.45, 2.75) is 13.0 Å². The molecule has 3 heterocycles. The number of aromatic amines is 1. The average molecular weight is 433 g/mol. The highest BCUT2D eigenvalue weighted by molar-refractivity contribution is 9.10. The molecule has 0 unspecified atom stereocenters. The molecule has 1 aromatic carbocycles. The molecule has 8 nitrogen and oxygen atoms in total. The van der Waals surface area contributed by atoms with Gasteiger partial charge in [0.2, 0.25) is 5.95 Å². The van der Waals surface area contributed by atoms with Gasteiger partial charge in [-0.15, -0.1) is 0 Å². The van der Waals surface area contributed by atoms with E-state index in [2.05, 4.69) is 31.1 Å². The topological polar surface area (TPSA) is 87.9 Å². The maximum atomic E-state index is 12.6. The first kappa shape index (κ1) is 18.0. The first-order chi connectivity index (χ1) is 13.1. The number of halogens is 1. The molecule has 0 atom stereocenters. The van der Waals surface area contributed by atoms with Crippen LogP contribution in [0.1, 0.15) is 12.0 Å². The Labute approximate surface area is 164 Å². The number of anilines is 1. The minimum absolute atomic E-state index is 0.406. The van der Waals surface area contributed by atoms with E-state index in [1.165, 1.54) is 4.57 Å². The number of hydrogen-bond acceptors (Lipinski definition) is 5. The first-order valence-corrected chi connectivity index (χ1v) is 9.74. The summed E-state index contributed by atoms with van der Waals surface area (Å²) in [5, 5.41) is 3.38. The maximum absolute atomic E-state index is 12.6.